The van der Waals surface area contributed by atoms with E-state index >= 15 is 0 Å². The maximum atomic E-state index is 11.8. The molecule has 1 amide bonds. The normalized spacial score (nSPS) is 12.0. The van der Waals surface area contributed by atoms with E-state index in [1.807, 2.05) is 19.9 Å². The molecule has 0 aliphatic rings. The number of carbonyl (C=O) groups excluding carboxylic acids is 1. The van der Waals surface area contributed by atoms with Crippen molar-refractivity contribution in [3.63, 3.8) is 0 Å². The number of hydrogen-bond donors (Lipinski definition) is 2. The molecule has 18 heavy (non-hydrogen) atoms. The first-order chi connectivity index (χ1) is 8.43. The Kier molecular flexibility index (Phi) is 5.14. The highest BCUT2D eigenvalue weighted by Crippen LogP contribution is 2.20. The number of anilines is 1. The summed E-state index contributed by atoms with van der Waals surface area (Å²) in [6.07, 6.45) is 0.592. The first-order valence-electron chi connectivity index (χ1n) is 5.70. The predicted octanol–water partition coefficient (Wildman–Crippen LogP) is 2.52. The lowest BCUT2D eigenvalue weighted by atomic mass is 10.0. The lowest BCUT2D eigenvalue weighted by Crippen LogP contribution is -2.36. The van der Waals surface area contributed by atoms with Gasteiger partial charge < -0.3 is 11.1 Å². The predicted molar refractivity (Wildman–Crippen MR) is 72.2 cm³/mol. The number of hydrogen-bond acceptors (Lipinski definition) is 3. The molecular weight excluding hydrogens is 250 g/mol. The van der Waals surface area contributed by atoms with E-state index in [1.54, 1.807) is 18.2 Å². The first-order valence-corrected chi connectivity index (χ1v) is 6.08. The van der Waals surface area contributed by atoms with E-state index in [0.29, 0.717) is 28.6 Å². The minimum absolute atomic E-state index is 0.303. The Bertz CT molecular complexity index is 480. The summed E-state index contributed by atoms with van der Waals surface area (Å²) in [4.78, 5) is 11.8. The number of halogens is 1. The van der Waals surface area contributed by atoms with Crippen LogP contribution >= 0.6 is 11.6 Å². The Morgan fingerprint density at radius 2 is 2.22 bits per heavy atom. The highest BCUT2D eigenvalue weighted by molar-refractivity contribution is 6.31. The summed E-state index contributed by atoms with van der Waals surface area (Å²) >= 11 is 5.83. The van der Waals surface area contributed by atoms with Crippen molar-refractivity contribution in [3.05, 3.63) is 28.8 Å². The fourth-order valence-corrected chi connectivity index (χ4v) is 1.73. The molecule has 0 aromatic heterocycles. The van der Waals surface area contributed by atoms with Gasteiger partial charge in [0.05, 0.1) is 17.3 Å². The third kappa shape index (κ3) is 4.02. The molecule has 1 aromatic carbocycles. The van der Waals surface area contributed by atoms with Crippen LogP contribution in [-0.4, -0.2) is 11.9 Å². The minimum Gasteiger partial charge on any atom is -0.323 e. The highest BCUT2D eigenvalue weighted by Gasteiger charge is 2.16. The van der Waals surface area contributed by atoms with Crippen molar-refractivity contribution < 1.29 is 4.79 Å². The number of nitriles is 1. The molecule has 0 heterocycles. The molecule has 1 rings (SSSR count). The summed E-state index contributed by atoms with van der Waals surface area (Å²) in [6, 6.07) is 6.11. The average Bonchev–Trinajstić information content (AvgIpc) is 2.28. The average molecular weight is 266 g/mol. The number of nitrogens with one attached hydrogen (secondary N) is 1. The first kappa shape index (κ1) is 14.5. The second-order valence-corrected chi connectivity index (χ2v) is 4.96. The number of nitrogens with two attached hydrogens (primary N) is 1. The monoisotopic (exact) mass is 265 g/mol. The van der Waals surface area contributed by atoms with Gasteiger partial charge in [-0.2, -0.15) is 5.26 Å². The molecule has 0 fully saturated rings. The van der Waals surface area contributed by atoms with Crippen molar-refractivity contribution >= 4 is 23.2 Å². The minimum atomic E-state index is -0.587. The van der Waals surface area contributed by atoms with E-state index in [4.69, 9.17) is 22.6 Å². The zero-order valence-corrected chi connectivity index (χ0v) is 11.2. The van der Waals surface area contributed by atoms with E-state index < -0.39 is 6.04 Å². The quantitative estimate of drug-likeness (QED) is 0.878. The third-order valence-corrected chi connectivity index (χ3v) is 2.66. The molecule has 96 valence electrons. The van der Waals surface area contributed by atoms with E-state index in [2.05, 4.69) is 5.32 Å². The smallest absolute Gasteiger partial charge is 0.241 e. The van der Waals surface area contributed by atoms with Gasteiger partial charge in [-0.3, -0.25) is 4.79 Å². The zero-order valence-electron chi connectivity index (χ0n) is 10.4. The van der Waals surface area contributed by atoms with Gasteiger partial charge in [-0.25, -0.2) is 0 Å². The SMILES string of the molecule is CC(C)C[C@@H](N)C(=O)Nc1cc(Cl)ccc1C#N. The molecule has 5 heteroatoms. The van der Waals surface area contributed by atoms with E-state index in [-0.39, 0.29) is 5.91 Å². The van der Waals surface area contributed by atoms with Gasteiger partial charge in [0.25, 0.3) is 0 Å². The lowest BCUT2D eigenvalue weighted by Gasteiger charge is -2.14. The molecule has 0 aliphatic heterocycles. The summed E-state index contributed by atoms with van der Waals surface area (Å²) in [7, 11) is 0. The Balaban J connectivity index is 2.82. The van der Waals surface area contributed by atoms with Gasteiger partial charge in [0.2, 0.25) is 5.91 Å². The van der Waals surface area contributed by atoms with Crippen LogP contribution in [0.15, 0.2) is 18.2 Å². The van der Waals surface area contributed by atoms with Gasteiger partial charge in [0.1, 0.15) is 6.07 Å². The zero-order chi connectivity index (χ0) is 13.7. The van der Waals surface area contributed by atoms with Gasteiger partial charge >= 0.3 is 0 Å². The molecule has 0 saturated carbocycles. The van der Waals surface area contributed by atoms with Gasteiger partial charge in [-0.1, -0.05) is 25.4 Å². The van der Waals surface area contributed by atoms with Gasteiger partial charge in [-0.05, 0) is 30.5 Å². The van der Waals surface area contributed by atoms with Gasteiger partial charge in [0.15, 0.2) is 0 Å². The van der Waals surface area contributed by atoms with Crippen LogP contribution in [0, 0.1) is 17.2 Å². The number of rotatable bonds is 4. The van der Waals surface area contributed by atoms with Crippen molar-refractivity contribution in [2.75, 3.05) is 5.32 Å². The number of nitrogens with zero attached hydrogens (tertiary/aromatic N) is 1. The molecule has 0 bridgehead atoms. The van der Waals surface area contributed by atoms with Gasteiger partial charge in [-0.15, -0.1) is 0 Å². The maximum absolute atomic E-state index is 11.8. The van der Waals surface area contributed by atoms with Crippen molar-refractivity contribution in [1.29, 1.82) is 5.26 Å². The fraction of sp³-hybridized carbons (Fsp3) is 0.385. The lowest BCUT2D eigenvalue weighted by molar-refractivity contribution is -0.117. The molecule has 0 saturated heterocycles. The van der Waals surface area contributed by atoms with Crippen LogP contribution in [0.5, 0.6) is 0 Å². The molecule has 0 aliphatic carbocycles. The number of amides is 1. The fourth-order valence-electron chi connectivity index (χ4n) is 1.56. The van der Waals surface area contributed by atoms with Crippen LogP contribution < -0.4 is 11.1 Å². The summed E-state index contributed by atoms with van der Waals surface area (Å²) in [6.45, 7) is 3.99. The molecule has 4 nitrogen and oxygen atoms in total. The maximum Gasteiger partial charge on any atom is 0.241 e. The second-order valence-electron chi connectivity index (χ2n) is 4.53. The summed E-state index contributed by atoms with van der Waals surface area (Å²) < 4.78 is 0. The van der Waals surface area contributed by atoms with Gasteiger partial charge in [0, 0.05) is 5.02 Å². The highest BCUT2D eigenvalue weighted by atomic mass is 35.5. The van der Waals surface area contributed by atoms with Crippen LogP contribution in [0.3, 0.4) is 0 Å². The van der Waals surface area contributed by atoms with E-state index in [9.17, 15) is 4.79 Å². The van der Waals surface area contributed by atoms with Crippen LogP contribution in [0.1, 0.15) is 25.8 Å². The summed E-state index contributed by atoms with van der Waals surface area (Å²) in [5.41, 5.74) is 6.53. The standard InChI is InChI=1S/C13H16ClN3O/c1-8(2)5-11(16)13(18)17-12-6-10(14)4-3-9(12)7-15/h3-4,6,8,11H,5,16H2,1-2H3,(H,17,18)/t11-/m1/s1. The van der Waals surface area contributed by atoms with Crippen molar-refractivity contribution in [1.82, 2.24) is 0 Å². The number of carbonyl (C=O) groups is 1. The van der Waals surface area contributed by atoms with Crippen LogP contribution in [0.2, 0.25) is 5.02 Å². The molecular formula is C13H16ClN3O. The largest absolute Gasteiger partial charge is 0.323 e. The Morgan fingerprint density at radius 1 is 1.56 bits per heavy atom. The van der Waals surface area contributed by atoms with Crippen LogP contribution in [0.25, 0.3) is 0 Å². The summed E-state index contributed by atoms with van der Waals surface area (Å²) in [5, 5.41) is 12.0. The molecule has 1 aromatic rings. The molecule has 0 spiro atoms. The molecule has 3 N–H and O–H groups in total. The van der Waals surface area contributed by atoms with Crippen LogP contribution in [0.4, 0.5) is 5.69 Å². The summed E-state index contributed by atoms with van der Waals surface area (Å²) in [5.74, 6) is 0.0306. The molecule has 1 atom stereocenters. The molecule has 0 unspecified atom stereocenters. The topological polar surface area (TPSA) is 78.9 Å². The molecule has 0 radical (unpaired) electrons. The van der Waals surface area contributed by atoms with Crippen molar-refractivity contribution in [3.8, 4) is 6.07 Å². The Hall–Kier alpha value is -1.57. The second kappa shape index (κ2) is 6.39. The van der Waals surface area contributed by atoms with Crippen LogP contribution in [-0.2, 0) is 4.79 Å². The van der Waals surface area contributed by atoms with E-state index in [0.717, 1.165) is 0 Å². The van der Waals surface area contributed by atoms with Crippen molar-refractivity contribution in [2.45, 2.75) is 26.3 Å². The number of benzene rings is 1. The Morgan fingerprint density at radius 3 is 2.78 bits per heavy atom. The van der Waals surface area contributed by atoms with Crippen molar-refractivity contribution in [2.24, 2.45) is 11.7 Å². The Labute approximate surface area is 112 Å². The third-order valence-electron chi connectivity index (χ3n) is 2.42. The van der Waals surface area contributed by atoms with E-state index in [1.165, 1.54) is 0 Å².